The van der Waals surface area contributed by atoms with Gasteiger partial charge in [-0.3, -0.25) is 0 Å². The Bertz CT molecular complexity index is 175. The van der Waals surface area contributed by atoms with Crippen molar-refractivity contribution in [2.45, 2.75) is 57.7 Å². The van der Waals surface area contributed by atoms with Crippen LogP contribution < -0.4 is 5.32 Å². The molecular formula is C11H23NO2. The van der Waals surface area contributed by atoms with Crippen LogP contribution in [0.3, 0.4) is 0 Å². The van der Waals surface area contributed by atoms with Gasteiger partial charge in [0.2, 0.25) is 0 Å². The molecule has 0 aromatic heterocycles. The highest BCUT2D eigenvalue weighted by atomic mass is 16.5. The van der Waals surface area contributed by atoms with E-state index in [1.165, 1.54) is 0 Å². The maximum absolute atomic E-state index is 8.96. The molecule has 1 aliphatic rings. The summed E-state index contributed by atoms with van der Waals surface area (Å²) < 4.78 is 5.76. The van der Waals surface area contributed by atoms with Crippen LogP contribution in [-0.4, -0.2) is 36.0 Å². The van der Waals surface area contributed by atoms with Gasteiger partial charge in [-0.15, -0.1) is 0 Å². The SMILES string of the molecule is CCC1(C)CC(NC(C)CO)CCO1. The third kappa shape index (κ3) is 3.23. The predicted octanol–water partition coefficient (Wildman–Crippen LogP) is 1.30. The fourth-order valence-electron chi connectivity index (χ4n) is 1.97. The number of aliphatic hydroxyl groups excluding tert-OH is 1. The molecule has 0 aromatic rings. The molecule has 3 unspecified atom stereocenters. The molecule has 0 bridgehead atoms. The molecule has 1 rings (SSSR count). The predicted molar refractivity (Wildman–Crippen MR) is 57.4 cm³/mol. The van der Waals surface area contributed by atoms with E-state index < -0.39 is 0 Å². The van der Waals surface area contributed by atoms with Crippen LogP contribution in [0.1, 0.15) is 40.0 Å². The minimum absolute atomic E-state index is 0.0328. The van der Waals surface area contributed by atoms with Gasteiger partial charge in [0, 0.05) is 18.7 Å². The van der Waals surface area contributed by atoms with Crippen molar-refractivity contribution in [3.63, 3.8) is 0 Å². The van der Waals surface area contributed by atoms with E-state index >= 15 is 0 Å². The van der Waals surface area contributed by atoms with Crippen molar-refractivity contribution in [1.29, 1.82) is 0 Å². The normalized spacial score (nSPS) is 35.6. The summed E-state index contributed by atoms with van der Waals surface area (Å²) in [7, 11) is 0. The molecule has 14 heavy (non-hydrogen) atoms. The fourth-order valence-corrected chi connectivity index (χ4v) is 1.97. The Labute approximate surface area is 86.8 Å². The van der Waals surface area contributed by atoms with Crippen molar-refractivity contribution in [2.24, 2.45) is 0 Å². The number of rotatable bonds is 4. The van der Waals surface area contributed by atoms with Gasteiger partial charge in [-0.1, -0.05) is 6.92 Å². The maximum atomic E-state index is 8.96. The maximum Gasteiger partial charge on any atom is 0.0666 e. The summed E-state index contributed by atoms with van der Waals surface area (Å²) in [5, 5.41) is 12.4. The van der Waals surface area contributed by atoms with Crippen LogP contribution >= 0.6 is 0 Å². The zero-order valence-corrected chi connectivity index (χ0v) is 9.55. The lowest BCUT2D eigenvalue weighted by Crippen LogP contribution is -2.48. The zero-order chi connectivity index (χ0) is 10.6. The van der Waals surface area contributed by atoms with Crippen LogP contribution in [0.4, 0.5) is 0 Å². The van der Waals surface area contributed by atoms with E-state index in [0.29, 0.717) is 6.04 Å². The van der Waals surface area contributed by atoms with E-state index in [9.17, 15) is 0 Å². The van der Waals surface area contributed by atoms with E-state index in [-0.39, 0.29) is 18.2 Å². The van der Waals surface area contributed by atoms with Gasteiger partial charge in [0.15, 0.2) is 0 Å². The molecule has 2 N–H and O–H groups in total. The van der Waals surface area contributed by atoms with Gasteiger partial charge in [0.1, 0.15) is 0 Å². The summed E-state index contributed by atoms with van der Waals surface area (Å²) in [5.74, 6) is 0. The van der Waals surface area contributed by atoms with Crippen LogP contribution in [-0.2, 0) is 4.74 Å². The lowest BCUT2D eigenvalue weighted by molar-refractivity contribution is -0.0794. The zero-order valence-electron chi connectivity index (χ0n) is 9.55. The highest BCUT2D eigenvalue weighted by molar-refractivity contribution is 4.86. The molecule has 3 nitrogen and oxygen atoms in total. The smallest absolute Gasteiger partial charge is 0.0666 e. The number of ether oxygens (including phenoxy) is 1. The summed E-state index contributed by atoms with van der Waals surface area (Å²) in [6.45, 7) is 7.39. The Morgan fingerprint density at radius 3 is 2.93 bits per heavy atom. The van der Waals surface area contributed by atoms with Crippen LogP contribution in [0, 0.1) is 0 Å². The molecule has 0 radical (unpaired) electrons. The molecule has 3 heteroatoms. The van der Waals surface area contributed by atoms with Crippen molar-refractivity contribution >= 4 is 0 Å². The first-order chi connectivity index (χ1) is 6.59. The molecule has 0 saturated carbocycles. The van der Waals surface area contributed by atoms with Gasteiger partial charge < -0.3 is 15.2 Å². The van der Waals surface area contributed by atoms with E-state index in [0.717, 1.165) is 25.9 Å². The van der Waals surface area contributed by atoms with Crippen LogP contribution in [0.15, 0.2) is 0 Å². The van der Waals surface area contributed by atoms with Crippen molar-refractivity contribution < 1.29 is 9.84 Å². The molecule has 1 heterocycles. The first-order valence-electron chi connectivity index (χ1n) is 5.60. The Morgan fingerprint density at radius 1 is 1.64 bits per heavy atom. The lowest BCUT2D eigenvalue weighted by Gasteiger charge is -2.39. The van der Waals surface area contributed by atoms with Crippen LogP contribution in [0.2, 0.25) is 0 Å². The highest BCUT2D eigenvalue weighted by Crippen LogP contribution is 2.27. The first-order valence-corrected chi connectivity index (χ1v) is 5.60. The van der Waals surface area contributed by atoms with Crippen molar-refractivity contribution in [1.82, 2.24) is 5.32 Å². The molecule has 1 aliphatic heterocycles. The van der Waals surface area contributed by atoms with Gasteiger partial charge in [-0.25, -0.2) is 0 Å². The van der Waals surface area contributed by atoms with Gasteiger partial charge in [0.25, 0.3) is 0 Å². The molecule has 1 fully saturated rings. The number of nitrogens with one attached hydrogen (secondary N) is 1. The first kappa shape index (κ1) is 12.0. The fraction of sp³-hybridized carbons (Fsp3) is 1.00. The average Bonchev–Trinajstić information content (AvgIpc) is 2.18. The largest absolute Gasteiger partial charge is 0.395 e. The van der Waals surface area contributed by atoms with Gasteiger partial charge in [0.05, 0.1) is 12.2 Å². The molecule has 3 atom stereocenters. The number of aliphatic hydroxyl groups is 1. The minimum atomic E-state index is 0.0328. The summed E-state index contributed by atoms with van der Waals surface area (Å²) in [5.41, 5.74) is 0.0328. The molecule has 0 spiro atoms. The second kappa shape index (κ2) is 5.10. The van der Waals surface area contributed by atoms with Crippen molar-refractivity contribution in [3.8, 4) is 0 Å². The molecular weight excluding hydrogens is 178 g/mol. The van der Waals surface area contributed by atoms with Crippen molar-refractivity contribution in [2.75, 3.05) is 13.2 Å². The topological polar surface area (TPSA) is 41.5 Å². The monoisotopic (exact) mass is 201 g/mol. The molecule has 0 amide bonds. The third-order valence-electron chi connectivity index (χ3n) is 3.14. The lowest BCUT2D eigenvalue weighted by atomic mass is 9.89. The number of hydrogen-bond acceptors (Lipinski definition) is 3. The Hall–Kier alpha value is -0.120. The molecule has 84 valence electrons. The van der Waals surface area contributed by atoms with E-state index in [1.807, 2.05) is 6.92 Å². The Morgan fingerprint density at radius 2 is 2.36 bits per heavy atom. The second-order valence-electron chi connectivity index (χ2n) is 4.59. The summed E-state index contributed by atoms with van der Waals surface area (Å²) in [4.78, 5) is 0. The Balaban J connectivity index is 2.40. The number of hydrogen-bond donors (Lipinski definition) is 2. The molecule has 0 aliphatic carbocycles. The third-order valence-corrected chi connectivity index (χ3v) is 3.14. The highest BCUT2D eigenvalue weighted by Gasteiger charge is 2.31. The second-order valence-corrected chi connectivity index (χ2v) is 4.59. The van der Waals surface area contributed by atoms with Crippen molar-refractivity contribution in [3.05, 3.63) is 0 Å². The quantitative estimate of drug-likeness (QED) is 0.720. The summed E-state index contributed by atoms with van der Waals surface area (Å²) >= 11 is 0. The van der Waals surface area contributed by atoms with E-state index in [4.69, 9.17) is 9.84 Å². The van der Waals surface area contributed by atoms with E-state index in [1.54, 1.807) is 0 Å². The summed E-state index contributed by atoms with van der Waals surface area (Å²) in [6, 6.07) is 0.690. The van der Waals surface area contributed by atoms with Gasteiger partial charge >= 0.3 is 0 Å². The molecule has 0 aromatic carbocycles. The van der Waals surface area contributed by atoms with Crippen LogP contribution in [0.25, 0.3) is 0 Å². The standard InChI is InChI=1S/C11H23NO2/c1-4-11(3)7-10(5-6-14-11)12-9(2)8-13/h9-10,12-13H,4-8H2,1-3H3. The Kier molecular flexibility index (Phi) is 4.35. The summed E-state index contributed by atoms with van der Waals surface area (Å²) in [6.07, 6.45) is 3.16. The van der Waals surface area contributed by atoms with Crippen LogP contribution in [0.5, 0.6) is 0 Å². The van der Waals surface area contributed by atoms with E-state index in [2.05, 4.69) is 19.2 Å². The average molecular weight is 201 g/mol. The minimum Gasteiger partial charge on any atom is -0.395 e. The molecule has 1 saturated heterocycles. The van der Waals surface area contributed by atoms with Gasteiger partial charge in [-0.05, 0) is 33.1 Å². The van der Waals surface area contributed by atoms with Gasteiger partial charge in [-0.2, -0.15) is 0 Å².